The fraction of sp³-hybridized carbons (Fsp3) is 0.600. The van der Waals surface area contributed by atoms with Crippen LogP contribution in [0.3, 0.4) is 0 Å². The van der Waals surface area contributed by atoms with Gasteiger partial charge in [-0.05, 0) is 30.4 Å². The van der Waals surface area contributed by atoms with E-state index in [1.54, 1.807) is 0 Å². The third kappa shape index (κ3) is 3.84. The fourth-order valence-electron chi connectivity index (χ4n) is 2.34. The van der Waals surface area contributed by atoms with E-state index in [-0.39, 0.29) is 0 Å². The van der Waals surface area contributed by atoms with Crippen molar-refractivity contribution in [2.75, 3.05) is 39.8 Å². The van der Waals surface area contributed by atoms with Crippen LogP contribution in [0.1, 0.15) is 18.1 Å². The Morgan fingerprint density at radius 1 is 1.32 bits per heavy atom. The zero-order valence-electron chi connectivity index (χ0n) is 12.5. The highest BCUT2D eigenvalue weighted by atomic mass is 31.2. The first-order chi connectivity index (χ1) is 8.81. The van der Waals surface area contributed by atoms with Crippen LogP contribution in [0.5, 0.6) is 5.75 Å². The summed E-state index contributed by atoms with van der Waals surface area (Å²) in [5.74, 6) is 0.862. The molecule has 1 aliphatic heterocycles. The zero-order chi connectivity index (χ0) is 14.1. The van der Waals surface area contributed by atoms with Crippen LogP contribution in [0.15, 0.2) is 18.2 Å². The Bertz CT molecular complexity index is 511. The summed E-state index contributed by atoms with van der Waals surface area (Å²) in [6.45, 7) is 6.01. The maximum Gasteiger partial charge on any atom is 0.141 e. The maximum atomic E-state index is 12.0. The molecule has 2 rings (SSSR count). The number of hydrogen-bond acceptors (Lipinski definition) is 2. The summed E-state index contributed by atoms with van der Waals surface area (Å²) in [5.41, 5.74) is 2.80. The topological polar surface area (TPSA) is 26.3 Å². The van der Waals surface area contributed by atoms with Crippen LogP contribution in [0, 0.1) is 0 Å². The van der Waals surface area contributed by atoms with Crippen molar-refractivity contribution in [3.63, 3.8) is 0 Å². The maximum absolute atomic E-state index is 12.0. The van der Waals surface area contributed by atoms with Gasteiger partial charge in [-0.1, -0.05) is 6.92 Å². The molecule has 1 aliphatic rings. The molecule has 0 aromatic heterocycles. The van der Waals surface area contributed by atoms with Gasteiger partial charge in [0.2, 0.25) is 0 Å². The van der Waals surface area contributed by atoms with Crippen LogP contribution in [0.4, 0.5) is 0 Å². The molecule has 0 spiro atoms. The molecular formula is C15H25NO2P+. The SMILES string of the molecule is CCP(C)(=O)COc1ccc2c(c1)CC[N+](C)(C)C2. The standard InChI is InChI=1S/C15H25NO2P/c1-5-19(4,17)12-18-15-7-6-14-11-16(2,3)9-8-13(14)10-15/h6-7,10H,5,8-9,11-12H2,1-4H3/q+1. The molecule has 1 unspecified atom stereocenters. The monoisotopic (exact) mass is 282 g/mol. The first-order valence-electron chi connectivity index (χ1n) is 6.93. The Morgan fingerprint density at radius 2 is 2.05 bits per heavy atom. The van der Waals surface area contributed by atoms with Gasteiger partial charge < -0.3 is 13.8 Å². The fourth-order valence-corrected chi connectivity index (χ4v) is 2.95. The van der Waals surface area contributed by atoms with E-state index >= 15 is 0 Å². The normalized spacial score (nSPS) is 20.4. The number of hydrogen-bond donors (Lipinski definition) is 0. The molecule has 0 N–H and O–H groups in total. The summed E-state index contributed by atoms with van der Waals surface area (Å²) in [6, 6.07) is 6.31. The molecule has 0 saturated carbocycles. The number of rotatable bonds is 4. The second kappa shape index (κ2) is 5.30. The Balaban J connectivity index is 2.08. The number of fused-ring (bicyclic) bond motifs is 1. The van der Waals surface area contributed by atoms with Crippen molar-refractivity contribution in [2.24, 2.45) is 0 Å². The molecule has 106 valence electrons. The summed E-state index contributed by atoms with van der Waals surface area (Å²) in [4.78, 5) is 0. The van der Waals surface area contributed by atoms with Crippen LogP contribution >= 0.6 is 7.14 Å². The molecule has 4 heteroatoms. The van der Waals surface area contributed by atoms with E-state index in [0.29, 0.717) is 12.5 Å². The van der Waals surface area contributed by atoms with Gasteiger partial charge >= 0.3 is 0 Å². The second-order valence-electron chi connectivity index (χ2n) is 6.38. The van der Waals surface area contributed by atoms with Crippen molar-refractivity contribution in [3.8, 4) is 5.75 Å². The predicted molar refractivity (Wildman–Crippen MR) is 80.4 cm³/mol. The van der Waals surface area contributed by atoms with Crippen LogP contribution in [-0.4, -0.2) is 44.3 Å². The second-order valence-corrected chi connectivity index (χ2v) is 9.87. The average Bonchev–Trinajstić information content (AvgIpc) is 2.35. The number of likely N-dealkylation sites (N-methyl/N-ethyl adjacent to an activating group) is 1. The first-order valence-corrected chi connectivity index (χ1v) is 9.46. The Hall–Kier alpha value is -0.790. The lowest BCUT2D eigenvalue weighted by atomic mass is 9.98. The van der Waals surface area contributed by atoms with Crippen molar-refractivity contribution >= 4 is 7.14 Å². The Morgan fingerprint density at radius 3 is 2.74 bits per heavy atom. The Kier molecular flexibility index (Phi) is 4.08. The highest BCUT2D eigenvalue weighted by molar-refractivity contribution is 7.62. The quantitative estimate of drug-likeness (QED) is 0.626. The highest BCUT2D eigenvalue weighted by Gasteiger charge is 2.24. The van der Waals surface area contributed by atoms with Crippen LogP contribution < -0.4 is 4.74 Å². The van der Waals surface area contributed by atoms with Crippen LogP contribution in [-0.2, 0) is 17.5 Å². The first kappa shape index (κ1) is 14.6. The smallest absolute Gasteiger partial charge is 0.141 e. The van der Waals surface area contributed by atoms with E-state index in [0.717, 1.165) is 29.7 Å². The van der Waals surface area contributed by atoms with Gasteiger partial charge in [-0.3, -0.25) is 0 Å². The van der Waals surface area contributed by atoms with Gasteiger partial charge in [-0.2, -0.15) is 0 Å². The van der Waals surface area contributed by atoms with Crippen molar-refractivity contribution in [1.82, 2.24) is 0 Å². The average molecular weight is 282 g/mol. The summed E-state index contributed by atoms with van der Waals surface area (Å²) >= 11 is 0. The molecule has 0 fully saturated rings. The van der Waals surface area contributed by atoms with E-state index in [2.05, 4.69) is 26.2 Å². The molecule has 19 heavy (non-hydrogen) atoms. The molecule has 0 saturated heterocycles. The van der Waals surface area contributed by atoms with Crippen molar-refractivity contribution in [2.45, 2.75) is 19.9 Å². The summed E-state index contributed by atoms with van der Waals surface area (Å²) in [6.07, 6.45) is 2.14. The molecule has 0 aliphatic carbocycles. The molecule has 1 atom stereocenters. The summed E-state index contributed by atoms with van der Waals surface area (Å²) in [7, 11) is 2.42. The van der Waals surface area contributed by atoms with Gasteiger partial charge in [0, 0.05) is 18.1 Å². The van der Waals surface area contributed by atoms with Gasteiger partial charge in [0.15, 0.2) is 0 Å². The lowest BCUT2D eigenvalue weighted by molar-refractivity contribution is -0.905. The molecule has 0 radical (unpaired) electrons. The van der Waals surface area contributed by atoms with E-state index < -0.39 is 7.14 Å². The predicted octanol–water partition coefficient (Wildman–Crippen LogP) is 3.17. The number of quaternary nitrogens is 1. The van der Waals surface area contributed by atoms with Crippen molar-refractivity contribution < 1.29 is 13.8 Å². The minimum absolute atomic E-state index is 0.351. The number of ether oxygens (including phenoxy) is 1. The molecule has 1 heterocycles. The third-order valence-electron chi connectivity index (χ3n) is 3.94. The lowest BCUT2D eigenvalue weighted by Gasteiger charge is -2.34. The van der Waals surface area contributed by atoms with Gasteiger partial charge in [0.1, 0.15) is 25.8 Å². The number of nitrogens with zero attached hydrogens (tertiary/aromatic N) is 1. The van der Waals surface area contributed by atoms with Gasteiger partial charge in [0.25, 0.3) is 0 Å². The zero-order valence-corrected chi connectivity index (χ0v) is 13.4. The van der Waals surface area contributed by atoms with Gasteiger partial charge in [-0.25, -0.2) is 0 Å². The Labute approximate surface area is 116 Å². The minimum Gasteiger partial charge on any atom is -0.486 e. The largest absolute Gasteiger partial charge is 0.486 e. The van der Waals surface area contributed by atoms with Crippen LogP contribution in [0.2, 0.25) is 0 Å². The highest BCUT2D eigenvalue weighted by Crippen LogP contribution is 2.40. The van der Waals surface area contributed by atoms with Crippen LogP contribution in [0.25, 0.3) is 0 Å². The minimum atomic E-state index is -2.11. The number of benzene rings is 1. The van der Waals surface area contributed by atoms with E-state index in [1.165, 1.54) is 11.1 Å². The van der Waals surface area contributed by atoms with E-state index in [9.17, 15) is 4.57 Å². The van der Waals surface area contributed by atoms with E-state index in [4.69, 9.17) is 4.74 Å². The van der Waals surface area contributed by atoms with Crippen molar-refractivity contribution in [1.29, 1.82) is 0 Å². The molecule has 1 aromatic rings. The third-order valence-corrected chi connectivity index (χ3v) is 5.95. The molecule has 0 amide bonds. The van der Waals surface area contributed by atoms with Gasteiger partial charge in [0.05, 0.1) is 20.6 Å². The molecular weight excluding hydrogens is 257 g/mol. The summed E-state index contributed by atoms with van der Waals surface area (Å²) in [5, 5.41) is 0. The lowest BCUT2D eigenvalue weighted by Crippen LogP contribution is -2.43. The van der Waals surface area contributed by atoms with E-state index in [1.807, 2.05) is 19.7 Å². The molecule has 0 bridgehead atoms. The van der Waals surface area contributed by atoms with Gasteiger partial charge in [-0.15, -0.1) is 0 Å². The molecule has 3 nitrogen and oxygen atoms in total. The van der Waals surface area contributed by atoms with Crippen molar-refractivity contribution in [3.05, 3.63) is 29.3 Å². The summed E-state index contributed by atoms with van der Waals surface area (Å²) < 4.78 is 18.8. The molecule has 1 aromatic carbocycles.